The van der Waals surface area contributed by atoms with Crippen molar-refractivity contribution in [2.24, 2.45) is 0 Å². The minimum absolute atomic E-state index is 0.0100. The van der Waals surface area contributed by atoms with Crippen molar-refractivity contribution in [2.75, 3.05) is 24.9 Å². The Kier molecular flexibility index (Phi) is 6.43. The first-order chi connectivity index (χ1) is 14.3. The normalized spacial score (nSPS) is 10.4. The lowest BCUT2D eigenvalue weighted by molar-refractivity contribution is -0.385. The molecule has 0 amide bonds. The van der Waals surface area contributed by atoms with Crippen LogP contribution in [-0.2, 0) is 0 Å². The molecular weight excluding hydrogens is 433 g/mol. The fourth-order valence-electron chi connectivity index (χ4n) is 2.68. The Morgan fingerprint density at radius 3 is 1.93 bits per heavy atom. The van der Waals surface area contributed by atoms with E-state index in [-0.39, 0.29) is 23.1 Å². The summed E-state index contributed by atoms with van der Waals surface area (Å²) in [5.74, 6) is 1.16. The summed E-state index contributed by atoms with van der Waals surface area (Å²) in [5.41, 5.74) is 1.02. The second kappa shape index (κ2) is 9.02. The number of ether oxygens (including phenoxy) is 2. The number of methoxy groups -OCH3 is 2. The first kappa shape index (κ1) is 21.4. The Hall–Kier alpha value is -3.30. The molecule has 0 atom stereocenters. The molecule has 1 heterocycles. The van der Waals surface area contributed by atoms with E-state index in [4.69, 9.17) is 32.7 Å². The van der Waals surface area contributed by atoms with Gasteiger partial charge in [-0.25, -0.2) is 4.98 Å². The highest BCUT2D eigenvalue weighted by molar-refractivity contribution is 6.32. The summed E-state index contributed by atoms with van der Waals surface area (Å²) in [4.78, 5) is 19.5. The van der Waals surface area contributed by atoms with Gasteiger partial charge in [-0.1, -0.05) is 23.2 Å². The van der Waals surface area contributed by atoms with Crippen LogP contribution in [0.2, 0.25) is 10.0 Å². The molecule has 0 aliphatic carbocycles. The molecule has 0 unspecified atom stereocenters. The van der Waals surface area contributed by atoms with E-state index in [0.717, 1.165) is 0 Å². The van der Waals surface area contributed by atoms with Gasteiger partial charge in [0.05, 0.1) is 29.2 Å². The van der Waals surface area contributed by atoms with Crippen LogP contribution in [0, 0.1) is 17.0 Å². The third-order valence-corrected chi connectivity index (χ3v) is 4.65. The number of nitrogens with one attached hydrogen (secondary N) is 2. The fraction of sp³-hybridized carbons (Fsp3) is 0.158. The predicted octanol–water partition coefficient (Wildman–Crippen LogP) is 5.50. The fourth-order valence-corrected chi connectivity index (χ4v) is 3.20. The van der Waals surface area contributed by atoms with Crippen LogP contribution in [0.5, 0.6) is 11.5 Å². The standard InChI is InChI=1S/C19H17Cl2N5O4/c1-10-17(26(27)28)18(23-11-4-6-15(29-2)13(20)8-11)25-19(22-10)24-12-5-7-16(30-3)14(21)9-12/h4-9H,1-3H3,(H2,22,23,24,25). The predicted molar refractivity (Wildman–Crippen MR) is 116 cm³/mol. The number of rotatable bonds is 7. The van der Waals surface area contributed by atoms with Gasteiger partial charge in [0.25, 0.3) is 0 Å². The molecule has 11 heteroatoms. The molecule has 0 bridgehead atoms. The Balaban J connectivity index is 1.97. The highest BCUT2D eigenvalue weighted by Crippen LogP contribution is 2.34. The van der Waals surface area contributed by atoms with E-state index in [9.17, 15) is 10.1 Å². The number of nitro groups is 1. The summed E-state index contributed by atoms with van der Waals surface area (Å²) < 4.78 is 10.2. The zero-order chi connectivity index (χ0) is 21.8. The maximum atomic E-state index is 11.6. The third-order valence-electron chi connectivity index (χ3n) is 4.06. The summed E-state index contributed by atoms with van der Waals surface area (Å²) in [7, 11) is 3.01. The number of hydrogen-bond donors (Lipinski definition) is 2. The van der Waals surface area contributed by atoms with Crippen LogP contribution >= 0.6 is 23.2 Å². The van der Waals surface area contributed by atoms with Crippen molar-refractivity contribution in [3.8, 4) is 11.5 Å². The maximum Gasteiger partial charge on any atom is 0.332 e. The lowest BCUT2D eigenvalue weighted by atomic mass is 10.2. The van der Waals surface area contributed by atoms with Gasteiger partial charge in [-0.05, 0) is 43.3 Å². The van der Waals surface area contributed by atoms with Crippen LogP contribution in [0.4, 0.5) is 28.8 Å². The van der Waals surface area contributed by atoms with Gasteiger partial charge in [0.1, 0.15) is 17.2 Å². The first-order valence-corrected chi connectivity index (χ1v) is 9.32. The average Bonchev–Trinajstić information content (AvgIpc) is 2.67. The van der Waals surface area contributed by atoms with Crippen molar-refractivity contribution in [3.63, 3.8) is 0 Å². The summed E-state index contributed by atoms with van der Waals surface area (Å²) >= 11 is 12.3. The lowest BCUT2D eigenvalue weighted by Gasteiger charge is -2.12. The largest absolute Gasteiger partial charge is 0.495 e. The van der Waals surface area contributed by atoms with Crippen LogP contribution in [0.15, 0.2) is 36.4 Å². The summed E-state index contributed by atoms with van der Waals surface area (Å²) in [6.07, 6.45) is 0. The minimum atomic E-state index is -0.545. The van der Waals surface area contributed by atoms with Crippen LogP contribution in [-0.4, -0.2) is 29.1 Å². The Bertz CT molecular complexity index is 1110. The molecular formula is C19H17Cl2N5O4. The number of anilines is 4. The second-order valence-corrected chi connectivity index (χ2v) is 6.85. The van der Waals surface area contributed by atoms with E-state index in [1.54, 1.807) is 36.4 Å². The van der Waals surface area contributed by atoms with Gasteiger partial charge < -0.3 is 20.1 Å². The monoisotopic (exact) mass is 449 g/mol. The Morgan fingerprint density at radius 2 is 1.47 bits per heavy atom. The number of nitrogens with zero attached hydrogens (tertiary/aromatic N) is 3. The van der Waals surface area contributed by atoms with Crippen molar-refractivity contribution in [1.82, 2.24) is 9.97 Å². The SMILES string of the molecule is COc1ccc(Nc2nc(C)c([N+](=O)[O-])c(Nc3ccc(OC)c(Cl)c3)n2)cc1Cl. The molecule has 0 spiro atoms. The van der Waals surface area contributed by atoms with E-state index in [0.29, 0.717) is 32.9 Å². The third kappa shape index (κ3) is 4.64. The topological polar surface area (TPSA) is 111 Å². The molecule has 3 rings (SSSR count). The molecule has 0 radical (unpaired) electrons. The van der Waals surface area contributed by atoms with Crippen molar-refractivity contribution < 1.29 is 14.4 Å². The molecule has 0 fully saturated rings. The molecule has 0 aliphatic rings. The van der Waals surface area contributed by atoms with E-state index in [1.807, 2.05) is 0 Å². The van der Waals surface area contributed by atoms with E-state index in [1.165, 1.54) is 21.1 Å². The van der Waals surface area contributed by atoms with Gasteiger partial charge in [0.15, 0.2) is 0 Å². The van der Waals surface area contributed by atoms with Crippen molar-refractivity contribution in [2.45, 2.75) is 6.92 Å². The number of aromatic nitrogens is 2. The zero-order valence-corrected chi connectivity index (χ0v) is 17.7. The van der Waals surface area contributed by atoms with Gasteiger partial charge in [-0.2, -0.15) is 4.98 Å². The molecule has 0 aliphatic heterocycles. The van der Waals surface area contributed by atoms with Gasteiger partial charge in [-0.3, -0.25) is 10.1 Å². The molecule has 9 nitrogen and oxygen atoms in total. The second-order valence-electron chi connectivity index (χ2n) is 6.04. The molecule has 0 saturated carbocycles. The van der Waals surface area contributed by atoms with Crippen LogP contribution in [0.1, 0.15) is 5.69 Å². The number of benzene rings is 2. The Labute approximate surface area is 182 Å². The molecule has 2 aromatic carbocycles. The molecule has 30 heavy (non-hydrogen) atoms. The van der Waals surface area contributed by atoms with Crippen molar-refractivity contribution in [1.29, 1.82) is 0 Å². The van der Waals surface area contributed by atoms with E-state index in [2.05, 4.69) is 20.6 Å². The van der Waals surface area contributed by atoms with Crippen molar-refractivity contribution >= 4 is 52.0 Å². The minimum Gasteiger partial charge on any atom is -0.495 e. The highest BCUT2D eigenvalue weighted by atomic mass is 35.5. The molecule has 156 valence electrons. The summed E-state index contributed by atoms with van der Waals surface area (Å²) in [6, 6.07) is 9.93. The van der Waals surface area contributed by atoms with Crippen LogP contribution in [0.25, 0.3) is 0 Å². The van der Waals surface area contributed by atoms with Gasteiger partial charge in [0.2, 0.25) is 11.8 Å². The molecule has 3 aromatic rings. The van der Waals surface area contributed by atoms with Crippen LogP contribution in [0.3, 0.4) is 0 Å². The summed E-state index contributed by atoms with van der Waals surface area (Å²) in [5, 5.41) is 18.2. The summed E-state index contributed by atoms with van der Waals surface area (Å²) in [6.45, 7) is 1.53. The molecule has 1 aromatic heterocycles. The van der Waals surface area contributed by atoms with Gasteiger partial charge in [-0.15, -0.1) is 0 Å². The van der Waals surface area contributed by atoms with Gasteiger partial charge in [0, 0.05) is 11.4 Å². The number of aryl methyl sites for hydroxylation is 1. The van der Waals surface area contributed by atoms with Crippen LogP contribution < -0.4 is 20.1 Å². The number of halogens is 2. The van der Waals surface area contributed by atoms with Crippen molar-refractivity contribution in [3.05, 3.63) is 62.3 Å². The highest BCUT2D eigenvalue weighted by Gasteiger charge is 2.23. The molecule has 0 saturated heterocycles. The van der Waals surface area contributed by atoms with E-state index < -0.39 is 4.92 Å². The lowest BCUT2D eigenvalue weighted by Crippen LogP contribution is -2.07. The first-order valence-electron chi connectivity index (χ1n) is 8.56. The number of hydrogen-bond acceptors (Lipinski definition) is 8. The molecule has 2 N–H and O–H groups in total. The smallest absolute Gasteiger partial charge is 0.332 e. The Morgan fingerprint density at radius 1 is 0.933 bits per heavy atom. The van der Waals surface area contributed by atoms with E-state index >= 15 is 0 Å². The average molecular weight is 450 g/mol. The zero-order valence-electron chi connectivity index (χ0n) is 16.2. The van der Waals surface area contributed by atoms with Gasteiger partial charge >= 0.3 is 5.69 Å². The maximum absolute atomic E-state index is 11.6. The quantitative estimate of drug-likeness (QED) is 0.358.